The highest BCUT2D eigenvalue weighted by atomic mass is 16.3. The summed E-state index contributed by atoms with van der Waals surface area (Å²) >= 11 is 0. The molecule has 1 unspecified atom stereocenters. The van der Waals surface area contributed by atoms with Crippen molar-refractivity contribution in [2.45, 2.75) is 40.7 Å². The average Bonchev–Trinajstić information content (AvgIpc) is 2.28. The van der Waals surface area contributed by atoms with E-state index in [9.17, 15) is 5.11 Å². The molecule has 0 aliphatic carbocycles. The van der Waals surface area contributed by atoms with Crippen LogP contribution in [0.1, 0.15) is 46.2 Å². The number of phenolic OH excluding ortho intramolecular Hbond substituents is 1. The number of hydrogen-bond acceptors (Lipinski definition) is 2. The number of para-hydroxylation sites is 1. The van der Waals surface area contributed by atoms with Gasteiger partial charge in [-0.3, -0.25) is 0 Å². The van der Waals surface area contributed by atoms with Crippen molar-refractivity contribution < 1.29 is 5.11 Å². The number of rotatable bonds is 6. The Labute approximate surface area is 111 Å². The van der Waals surface area contributed by atoms with Crippen molar-refractivity contribution in [3.63, 3.8) is 0 Å². The van der Waals surface area contributed by atoms with Gasteiger partial charge in [-0.05, 0) is 37.3 Å². The van der Waals surface area contributed by atoms with Gasteiger partial charge in [0, 0.05) is 11.6 Å². The van der Waals surface area contributed by atoms with Crippen molar-refractivity contribution in [2.75, 3.05) is 6.54 Å². The first-order valence-electron chi connectivity index (χ1n) is 6.94. The minimum absolute atomic E-state index is 0.186. The van der Waals surface area contributed by atoms with Crippen LogP contribution in [-0.4, -0.2) is 11.7 Å². The van der Waals surface area contributed by atoms with Crippen molar-refractivity contribution in [3.8, 4) is 5.75 Å². The molecule has 0 aliphatic heterocycles. The first-order chi connectivity index (χ1) is 8.43. The third-order valence-corrected chi connectivity index (χ3v) is 3.78. The van der Waals surface area contributed by atoms with E-state index in [1.807, 2.05) is 18.2 Å². The topological polar surface area (TPSA) is 32.3 Å². The van der Waals surface area contributed by atoms with E-state index in [4.69, 9.17) is 0 Å². The molecule has 0 aliphatic rings. The summed E-state index contributed by atoms with van der Waals surface area (Å²) in [6.07, 6.45) is 0. The van der Waals surface area contributed by atoms with E-state index in [1.165, 1.54) is 0 Å². The van der Waals surface area contributed by atoms with Crippen molar-refractivity contribution in [1.82, 2.24) is 5.32 Å². The van der Waals surface area contributed by atoms with Gasteiger partial charge >= 0.3 is 0 Å². The molecule has 0 saturated carbocycles. The highest BCUT2D eigenvalue weighted by molar-refractivity contribution is 5.34. The first-order valence-corrected chi connectivity index (χ1v) is 6.94. The molecular weight excluding hydrogens is 222 g/mol. The standard InChI is InChI=1S/C16H27NO/c1-11(2)15(12(3)4)10-17-13(5)14-8-6-7-9-16(14)18/h6-9,11-13,15,17-18H,10H2,1-5H3. The van der Waals surface area contributed by atoms with E-state index in [2.05, 4.69) is 39.9 Å². The summed E-state index contributed by atoms with van der Waals surface area (Å²) in [6.45, 7) is 12.2. The van der Waals surface area contributed by atoms with Gasteiger partial charge in [0.15, 0.2) is 0 Å². The molecule has 2 nitrogen and oxygen atoms in total. The Kier molecular flexibility index (Phi) is 5.67. The lowest BCUT2D eigenvalue weighted by Gasteiger charge is -2.27. The van der Waals surface area contributed by atoms with Crippen LogP contribution in [0.2, 0.25) is 0 Å². The second kappa shape index (κ2) is 6.79. The minimum Gasteiger partial charge on any atom is -0.508 e. The van der Waals surface area contributed by atoms with Crippen molar-refractivity contribution in [2.24, 2.45) is 17.8 Å². The second-order valence-corrected chi connectivity index (χ2v) is 5.84. The molecule has 0 heterocycles. The molecule has 1 aromatic rings. The number of nitrogens with one attached hydrogen (secondary N) is 1. The fourth-order valence-electron chi connectivity index (χ4n) is 2.52. The van der Waals surface area contributed by atoms with Crippen LogP contribution in [0.3, 0.4) is 0 Å². The predicted octanol–water partition coefficient (Wildman–Crippen LogP) is 3.97. The fourth-order valence-corrected chi connectivity index (χ4v) is 2.52. The largest absolute Gasteiger partial charge is 0.508 e. The molecule has 1 aromatic carbocycles. The average molecular weight is 249 g/mol. The van der Waals surface area contributed by atoms with Crippen LogP contribution in [0, 0.1) is 17.8 Å². The molecule has 0 radical (unpaired) electrons. The summed E-state index contributed by atoms with van der Waals surface area (Å²) in [5.41, 5.74) is 0.976. The predicted molar refractivity (Wildman–Crippen MR) is 77.7 cm³/mol. The maximum absolute atomic E-state index is 9.82. The number of aromatic hydroxyl groups is 1. The lowest BCUT2D eigenvalue weighted by atomic mass is 9.85. The van der Waals surface area contributed by atoms with Gasteiger partial charge in [0.2, 0.25) is 0 Å². The molecule has 0 spiro atoms. The van der Waals surface area contributed by atoms with Crippen molar-refractivity contribution in [3.05, 3.63) is 29.8 Å². The second-order valence-electron chi connectivity index (χ2n) is 5.84. The molecule has 2 N–H and O–H groups in total. The zero-order chi connectivity index (χ0) is 13.7. The molecule has 2 heteroatoms. The van der Waals surface area contributed by atoms with E-state index < -0.39 is 0 Å². The zero-order valence-corrected chi connectivity index (χ0v) is 12.3. The maximum Gasteiger partial charge on any atom is 0.120 e. The molecule has 0 fully saturated rings. The highest BCUT2D eigenvalue weighted by Gasteiger charge is 2.18. The van der Waals surface area contributed by atoms with Crippen molar-refractivity contribution in [1.29, 1.82) is 0 Å². The molecule has 0 amide bonds. The van der Waals surface area contributed by atoms with Gasteiger partial charge in [-0.1, -0.05) is 45.9 Å². The molecule has 1 atom stereocenters. The normalized spacial score (nSPS) is 13.6. The Morgan fingerprint density at radius 3 is 2.06 bits per heavy atom. The van der Waals surface area contributed by atoms with Crippen LogP contribution in [0.25, 0.3) is 0 Å². The third kappa shape index (κ3) is 4.02. The lowest BCUT2D eigenvalue weighted by Crippen LogP contribution is -2.31. The zero-order valence-electron chi connectivity index (χ0n) is 12.3. The van der Waals surface area contributed by atoms with Crippen molar-refractivity contribution >= 4 is 0 Å². The fraction of sp³-hybridized carbons (Fsp3) is 0.625. The van der Waals surface area contributed by atoms with Gasteiger partial charge in [-0.2, -0.15) is 0 Å². The Balaban J connectivity index is 2.60. The maximum atomic E-state index is 9.82. The van der Waals surface area contributed by atoms with E-state index in [0.29, 0.717) is 23.5 Å². The van der Waals surface area contributed by atoms with E-state index in [0.717, 1.165) is 12.1 Å². The van der Waals surface area contributed by atoms with Crippen LogP contribution < -0.4 is 5.32 Å². The lowest BCUT2D eigenvalue weighted by molar-refractivity contribution is 0.267. The minimum atomic E-state index is 0.186. The Morgan fingerprint density at radius 2 is 1.56 bits per heavy atom. The van der Waals surface area contributed by atoms with Gasteiger partial charge in [-0.15, -0.1) is 0 Å². The highest BCUT2D eigenvalue weighted by Crippen LogP contribution is 2.25. The van der Waals surface area contributed by atoms with Crippen LogP contribution >= 0.6 is 0 Å². The van der Waals surface area contributed by atoms with E-state index >= 15 is 0 Å². The Bertz CT molecular complexity index is 352. The van der Waals surface area contributed by atoms with E-state index in [-0.39, 0.29) is 6.04 Å². The number of phenols is 1. The molecule has 1 rings (SSSR count). The smallest absolute Gasteiger partial charge is 0.120 e. The number of hydrogen-bond donors (Lipinski definition) is 2. The monoisotopic (exact) mass is 249 g/mol. The molecule has 0 bridgehead atoms. The van der Waals surface area contributed by atoms with Crippen LogP contribution in [0.15, 0.2) is 24.3 Å². The third-order valence-electron chi connectivity index (χ3n) is 3.78. The van der Waals surface area contributed by atoms with Crippen LogP contribution in [0.5, 0.6) is 5.75 Å². The summed E-state index contributed by atoms with van der Waals surface area (Å²) in [7, 11) is 0. The van der Waals surface area contributed by atoms with E-state index in [1.54, 1.807) is 6.07 Å². The molecule has 0 aromatic heterocycles. The Morgan fingerprint density at radius 1 is 1.00 bits per heavy atom. The Hall–Kier alpha value is -1.02. The van der Waals surface area contributed by atoms with Crippen LogP contribution in [0.4, 0.5) is 0 Å². The molecular formula is C16H27NO. The summed E-state index contributed by atoms with van der Waals surface area (Å²) in [5, 5.41) is 13.4. The first kappa shape index (κ1) is 15.0. The molecule has 0 saturated heterocycles. The quantitative estimate of drug-likeness (QED) is 0.799. The van der Waals surface area contributed by atoms with Gasteiger partial charge < -0.3 is 10.4 Å². The SMILES string of the molecule is CC(NCC(C(C)C)C(C)C)c1ccccc1O. The molecule has 18 heavy (non-hydrogen) atoms. The number of benzene rings is 1. The van der Waals surface area contributed by atoms with Gasteiger partial charge in [0.05, 0.1) is 0 Å². The van der Waals surface area contributed by atoms with Gasteiger partial charge in [0.25, 0.3) is 0 Å². The van der Waals surface area contributed by atoms with Gasteiger partial charge in [0.1, 0.15) is 5.75 Å². The van der Waals surface area contributed by atoms with Crippen LogP contribution in [-0.2, 0) is 0 Å². The summed E-state index contributed by atoms with van der Waals surface area (Å²) in [4.78, 5) is 0. The molecule has 102 valence electrons. The summed E-state index contributed by atoms with van der Waals surface area (Å²) in [6, 6.07) is 7.74. The summed E-state index contributed by atoms with van der Waals surface area (Å²) in [5.74, 6) is 2.39. The van der Waals surface area contributed by atoms with Gasteiger partial charge in [-0.25, -0.2) is 0 Å². The summed E-state index contributed by atoms with van der Waals surface area (Å²) < 4.78 is 0.